The van der Waals surface area contributed by atoms with Crippen LogP contribution in [-0.4, -0.2) is 17.7 Å². The van der Waals surface area contributed by atoms with E-state index in [9.17, 15) is 14.4 Å². The molecule has 6 heteroatoms. The van der Waals surface area contributed by atoms with Crippen LogP contribution in [0.1, 0.15) is 17.5 Å². The average molecular weight is 261 g/mol. The Kier molecular flexibility index (Phi) is 3.79. The van der Waals surface area contributed by atoms with Crippen molar-refractivity contribution in [2.45, 2.75) is 19.9 Å². The topological polar surface area (TPSA) is 87.3 Å². The summed E-state index contributed by atoms with van der Waals surface area (Å²) in [4.78, 5) is 34.3. The molecule has 0 unspecified atom stereocenters. The average Bonchev–Trinajstić information content (AvgIpc) is 2.70. The van der Waals surface area contributed by atoms with Crippen molar-refractivity contribution < 1.29 is 14.4 Å². The summed E-state index contributed by atoms with van der Waals surface area (Å²) in [7, 11) is 0. The molecule has 0 bridgehead atoms. The van der Waals surface area contributed by atoms with Crippen LogP contribution >= 0.6 is 0 Å². The Morgan fingerprint density at radius 1 is 1.21 bits per heavy atom. The van der Waals surface area contributed by atoms with Gasteiger partial charge in [-0.15, -0.1) is 0 Å². The van der Waals surface area contributed by atoms with E-state index in [-0.39, 0.29) is 12.3 Å². The number of carbonyl (C=O) groups excluding carboxylic acids is 3. The monoisotopic (exact) mass is 261 g/mol. The normalized spacial score (nSPS) is 15.0. The lowest BCUT2D eigenvalue weighted by atomic mass is 10.0. The van der Waals surface area contributed by atoms with Crippen molar-refractivity contribution in [2.24, 2.45) is 5.92 Å². The second-order valence-electron chi connectivity index (χ2n) is 4.44. The van der Waals surface area contributed by atoms with Crippen molar-refractivity contribution in [1.29, 1.82) is 0 Å². The molecule has 1 saturated heterocycles. The van der Waals surface area contributed by atoms with Crippen LogP contribution in [0.4, 0.5) is 0 Å². The van der Waals surface area contributed by atoms with Crippen LogP contribution in [0.5, 0.6) is 0 Å². The molecule has 100 valence electrons. The Balaban J connectivity index is 1.87. The second kappa shape index (κ2) is 5.51. The van der Waals surface area contributed by atoms with Gasteiger partial charge in [-0.25, -0.2) is 0 Å². The first-order valence-corrected chi connectivity index (χ1v) is 5.99. The van der Waals surface area contributed by atoms with Crippen molar-refractivity contribution in [2.75, 3.05) is 0 Å². The zero-order valence-corrected chi connectivity index (χ0v) is 10.5. The van der Waals surface area contributed by atoms with E-state index in [2.05, 4.69) is 16.2 Å². The van der Waals surface area contributed by atoms with Crippen molar-refractivity contribution >= 4 is 17.7 Å². The van der Waals surface area contributed by atoms with Crippen molar-refractivity contribution in [3.05, 3.63) is 35.4 Å². The number of amides is 3. The minimum atomic E-state index is -0.933. The number of rotatable bonds is 4. The van der Waals surface area contributed by atoms with Gasteiger partial charge in [0.1, 0.15) is 5.92 Å². The van der Waals surface area contributed by atoms with E-state index in [1.54, 1.807) is 0 Å². The number of hydrogen-bond acceptors (Lipinski definition) is 3. The minimum Gasteiger partial charge on any atom is -0.352 e. The molecule has 19 heavy (non-hydrogen) atoms. The predicted octanol–water partition coefficient (Wildman–Crippen LogP) is -0.221. The molecule has 0 radical (unpaired) electrons. The quantitative estimate of drug-likeness (QED) is 0.655. The first kappa shape index (κ1) is 13.1. The van der Waals surface area contributed by atoms with Crippen molar-refractivity contribution in [3.8, 4) is 0 Å². The maximum absolute atomic E-state index is 11.7. The van der Waals surface area contributed by atoms with E-state index >= 15 is 0 Å². The van der Waals surface area contributed by atoms with Gasteiger partial charge in [0.05, 0.1) is 0 Å². The summed E-state index contributed by atoms with van der Waals surface area (Å²) in [5.74, 6) is -2.18. The molecule has 3 amide bonds. The van der Waals surface area contributed by atoms with Gasteiger partial charge >= 0.3 is 0 Å². The first-order valence-electron chi connectivity index (χ1n) is 5.99. The predicted molar refractivity (Wildman–Crippen MR) is 67.4 cm³/mol. The van der Waals surface area contributed by atoms with Gasteiger partial charge in [-0.05, 0) is 18.1 Å². The smallest absolute Gasteiger partial charge is 0.251 e. The molecule has 1 aliphatic rings. The Morgan fingerprint density at radius 2 is 1.84 bits per heavy atom. The third-order valence-electron chi connectivity index (χ3n) is 3.07. The van der Waals surface area contributed by atoms with Gasteiger partial charge in [-0.2, -0.15) is 0 Å². The largest absolute Gasteiger partial charge is 0.352 e. The Hall–Kier alpha value is -2.37. The van der Waals surface area contributed by atoms with Gasteiger partial charge in [0.15, 0.2) is 0 Å². The molecule has 0 aromatic heterocycles. The number of hydrazine groups is 1. The third-order valence-corrected chi connectivity index (χ3v) is 3.07. The van der Waals surface area contributed by atoms with Gasteiger partial charge in [0.25, 0.3) is 11.8 Å². The summed E-state index contributed by atoms with van der Waals surface area (Å²) in [5, 5.41) is 2.71. The van der Waals surface area contributed by atoms with E-state index in [0.717, 1.165) is 11.1 Å². The van der Waals surface area contributed by atoms with Crippen LogP contribution < -0.4 is 16.2 Å². The fourth-order valence-corrected chi connectivity index (χ4v) is 1.86. The van der Waals surface area contributed by atoms with Gasteiger partial charge < -0.3 is 5.32 Å². The highest BCUT2D eigenvalue weighted by Gasteiger charge is 2.34. The van der Waals surface area contributed by atoms with Crippen LogP contribution in [-0.2, 0) is 20.9 Å². The van der Waals surface area contributed by atoms with Crippen LogP contribution in [0, 0.1) is 12.8 Å². The molecule has 1 aromatic rings. The lowest BCUT2D eigenvalue weighted by Crippen LogP contribution is -2.30. The highest BCUT2D eigenvalue weighted by Crippen LogP contribution is 2.09. The second-order valence-corrected chi connectivity index (χ2v) is 4.44. The standard InChI is InChI=1S/C13H15N3O3/c1-8-4-2-3-5-9(8)7-14-11(17)6-10-12(18)15-16-13(10)19/h2-5,10H,6-7H2,1H3,(H,14,17)(H,15,18)(H,16,19). The van der Waals surface area contributed by atoms with Gasteiger partial charge in [-0.1, -0.05) is 24.3 Å². The van der Waals surface area contributed by atoms with Crippen molar-refractivity contribution in [3.63, 3.8) is 0 Å². The SMILES string of the molecule is Cc1ccccc1CNC(=O)CC1C(=O)NNC1=O. The van der Waals surface area contributed by atoms with E-state index in [0.29, 0.717) is 6.54 Å². The lowest BCUT2D eigenvalue weighted by molar-refractivity contribution is -0.133. The summed E-state index contributed by atoms with van der Waals surface area (Å²) >= 11 is 0. The summed E-state index contributed by atoms with van der Waals surface area (Å²) in [5.41, 5.74) is 6.47. The fraction of sp³-hybridized carbons (Fsp3) is 0.308. The summed E-state index contributed by atoms with van der Waals surface area (Å²) in [6, 6.07) is 7.70. The number of hydrogen-bond donors (Lipinski definition) is 3. The summed E-state index contributed by atoms with van der Waals surface area (Å²) in [6.45, 7) is 2.35. The van der Waals surface area contributed by atoms with E-state index in [1.165, 1.54) is 0 Å². The molecule has 1 aliphatic heterocycles. The number of aryl methyl sites for hydroxylation is 1. The molecule has 0 atom stereocenters. The Bertz CT molecular complexity index is 512. The van der Waals surface area contributed by atoms with E-state index < -0.39 is 17.7 Å². The van der Waals surface area contributed by atoms with Gasteiger partial charge in [-0.3, -0.25) is 25.2 Å². The molecule has 0 aliphatic carbocycles. The molecular formula is C13H15N3O3. The van der Waals surface area contributed by atoms with Crippen LogP contribution in [0.25, 0.3) is 0 Å². The zero-order chi connectivity index (χ0) is 13.8. The fourth-order valence-electron chi connectivity index (χ4n) is 1.86. The van der Waals surface area contributed by atoms with E-state index in [1.807, 2.05) is 31.2 Å². The van der Waals surface area contributed by atoms with Crippen LogP contribution in [0.2, 0.25) is 0 Å². The van der Waals surface area contributed by atoms with E-state index in [4.69, 9.17) is 0 Å². The number of carbonyl (C=O) groups is 3. The summed E-state index contributed by atoms with van der Waals surface area (Å²) in [6.07, 6.45) is -0.135. The maximum Gasteiger partial charge on any atom is 0.251 e. The first-order chi connectivity index (χ1) is 9.08. The lowest BCUT2D eigenvalue weighted by Gasteiger charge is -2.08. The number of benzene rings is 1. The van der Waals surface area contributed by atoms with Crippen LogP contribution in [0.3, 0.4) is 0 Å². The zero-order valence-electron chi connectivity index (χ0n) is 10.5. The molecule has 1 aromatic carbocycles. The van der Waals surface area contributed by atoms with Crippen molar-refractivity contribution in [1.82, 2.24) is 16.2 Å². The highest BCUT2D eigenvalue weighted by atomic mass is 16.2. The molecule has 0 saturated carbocycles. The van der Waals surface area contributed by atoms with Gasteiger partial charge in [0, 0.05) is 13.0 Å². The van der Waals surface area contributed by atoms with Gasteiger partial charge in [0.2, 0.25) is 5.91 Å². The molecule has 1 fully saturated rings. The molecular weight excluding hydrogens is 246 g/mol. The Morgan fingerprint density at radius 3 is 2.47 bits per heavy atom. The van der Waals surface area contributed by atoms with Crippen LogP contribution in [0.15, 0.2) is 24.3 Å². The highest BCUT2D eigenvalue weighted by molar-refractivity contribution is 6.07. The molecule has 0 spiro atoms. The Labute approximate surface area is 110 Å². The molecule has 6 nitrogen and oxygen atoms in total. The summed E-state index contributed by atoms with van der Waals surface area (Å²) < 4.78 is 0. The maximum atomic E-state index is 11.7. The number of nitrogens with one attached hydrogen (secondary N) is 3. The molecule has 3 N–H and O–H groups in total. The molecule has 2 rings (SSSR count). The molecule has 1 heterocycles. The third kappa shape index (κ3) is 3.09. The minimum absolute atomic E-state index is 0.135.